The molecule has 30 heavy (non-hydrogen) atoms. The fourth-order valence-corrected chi connectivity index (χ4v) is 4.09. The van der Waals surface area contributed by atoms with E-state index >= 15 is 0 Å². The molecule has 0 aromatic heterocycles. The maximum absolute atomic E-state index is 11.6. The van der Waals surface area contributed by atoms with E-state index in [9.17, 15) is 18.1 Å². The fraction of sp³-hybridized carbons (Fsp3) is 0.500. The standard InChI is InChI=1S/C24H34O5S/c1-2-3-4-5-6-7-8-9-10-12-15-20-18-22(25)24(30(26,27)28)19-23(20)29-21-16-13-11-14-17-21/h11,13-14,16-19,25H,2-10,12,15H2,1H3,(H,26,27,28). The summed E-state index contributed by atoms with van der Waals surface area (Å²) in [4.78, 5) is -0.541. The molecule has 0 saturated carbocycles. The molecule has 0 aliphatic rings. The topological polar surface area (TPSA) is 83.8 Å². The fourth-order valence-electron chi connectivity index (χ4n) is 3.51. The van der Waals surface area contributed by atoms with Crippen molar-refractivity contribution in [2.75, 3.05) is 0 Å². The summed E-state index contributed by atoms with van der Waals surface area (Å²) in [5.74, 6) is 0.441. The first-order valence-corrected chi connectivity index (χ1v) is 12.4. The lowest BCUT2D eigenvalue weighted by Gasteiger charge is -2.14. The van der Waals surface area contributed by atoms with Gasteiger partial charge in [0.1, 0.15) is 22.1 Å². The average Bonchev–Trinajstić information content (AvgIpc) is 2.71. The zero-order valence-electron chi connectivity index (χ0n) is 17.8. The third kappa shape index (κ3) is 8.36. The van der Waals surface area contributed by atoms with Crippen LogP contribution in [0.3, 0.4) is 0 Å². The minimum absolute atomic E-state index is 0.336. The number of ether oxygens (including phenoxy) is 1. The molecule has 0 radical (unpaired) electrons. The number of rotatable bonds is 14. The SMILES string of the molecule is CCCCCCCCCCCCc1cc(O)c(S(=O)(=O)O)cc1Oc1ccccc1. The zero-order valence-corrected chi connectivity index (χ0v) is 18.7. The van der Waals surface area contributed by atoms with Gasteiger partial charge in [0.25, 0.3) is 10.1 Å². The molecule has 0 unspecified atom stereocenters. The largest absolute Gasteiger partial charge is 0.506 e. The minimum Gasteiger partial charge on any atom is -0.506 e. The van der Waals surface area contributed by atoms with Crippen LogP contribution in [0.1, 0.15) is 76.7 Å². The summed E-state index contributed by atoms with van der Waals surface area (Å²) in [6.07, 6.45) is 12.9. The van der Waals surface area contributed by atoms with Crippen molar-refractivity contribution in [3.8, 4) is 17.2 Å². The summed E-state index contributed by atoms with van der Waals surface area (Å²) < 4.78 is 38.3. The van der Waals surface area contributed by atoms with Crippen molar-refractivity contribution in [3.05, 3.63) is 48.0 Å². The molecule has 0 saturated heterocycles. The van der Waals surface area contributed by atoms with Crippen LogP contribution in [0, 0.1) is 0 Å². The number of para-hydroxylation sites is 1. The third-order valence-electron chi connectivity index (χ3n) is 5.19. The molecule has 2 aromatic rings. The van der Waals surface area contributed by atoms with E-state index in [1.54, 1.807) is 12.1 Å². The molecule has 2 rings (SSSR count). The maximum Gasteiger partial charge on any atom is 0.298 e. The van der Waals surface area contributed by atoms with Gasteiger partial charge in [0.05, 0.1) is 0 Å². The molecule has 166 valence electrons. The van der Waals surface area contributed by atoms with E-state index in [4.69, 9.17) is 4.74 Å². The van der Waals surface area contributed by atoms with Gasteiger partial charge in [-0.25, -0.2) is 0 Å². The molecule has 0 aliphatic heterocycles. The number of unbranched alkanes of at least 4 members (excludes halogenated alkanes) is 9. The summed E-state index contributed by atoms with van der Waals surface area (Å²) in [5, 5.41) is 10.1. The van der Waals surface area contributed by atoms with Crippen LogP contribution in [0.15, 0.2) is 47.4 Å². The molecular weight excluding hydrogens is 400 g/mol. The summed E-state index contributed by atoms with van der Waals surface area (Å²) in [6, 6.07) is 11.6. The Morgan fingerprint density at radius 3 is 1.97 bits per heavy atom. The Bertz CT molecular complexity index is 863. The van der Waals surface area contributed by atoms with E-state index in [0.29, 0.717) is 17.9 Å². The first-order valence-electron chi connectivity index (χ1n) is 11.0. The van der Waals surface area contributed by atoms with Crippen molar-refractivity contribution >= 4 is 10.1 Å². The van der Waals surface area contributed by atoms with Crippen molar-refractivity contribution in [2.24, 2.45) is 0 Å². The molecule has 0 aliphatic carbocycles. The van der Waals surface area contributed by atoms with Crippen LogP contribution in [0.4, 0.5) is 0 Å². The van der Waals surface area contributed by atoms with Crippen LogP contribution >= 0.6 is 0 Å². The van der Waals surface area contributed by atoms with E-state index < -0.39 is 20.8 Å². The van der Waals surface area contributed by atoms with Crippen LogP contribution in [-0.2, 0) is 16.5 Å². The van der Waals surface area contributed by atoms with E-state index in [0.717, 1.165) is 24.8 Å². The Balaban J connectivity index is 1.93. The lowest BCUT2D eigenvalue weighted by atomic mass is 10.0. The molecular formula is C24H34O5S. The van der Waals surface area contributed by atoms with Gasteiger partial charge in [-0.3, -0.25) is 4.55 Å². The number of hydrogen-bond acceptors (Lipinski definition) is 4. The predicted molar refractivity (Wildman–Crippen MR) is 120 cm³/mol. The molecule has 0 fully saturated rings. The van der Waals surface area contributed by atoms with Crippen molar-refractivity contribution in [2.45, 2.75) is 82.4 Å². The molecule has 5 nitrogen and oxygen atoms in total. The Hall–Kier alpha value is -2.05. The first kappa shape index (κ1) is 24.2. The van der Waals surface area contributed by atoms with Gasteiger partial charge < -0.3 is 9.84 Å². The summed E-state index contributed by atoms with van der Waals surface area (Å²) in [7, 11) is -4.54. The van der Waals surface area contributed by atoms with Crippen LogP contribution < -0.4 is 4.74 Å². The molecule has 0 bridgehead atoms. The van der Waals surface area contributed by atoms with Crippen LogP contribution in [-0.4, -0.2) is 18.1 Å². The third-order valence-corrected chi connectivity index (χ3v) is 6.07. The highest BCUT2D eigenvalue weighted by atomic mass is 32.2. The Morgan fingerprint density at radius 1 is 0.833 bits per heavy atom. The molecule has 0 atom stereocenters. The molecule has 0 spiro atoms. The van der Waals surface area contributed by atoms with E-state index in [1.807, 2.05) is 18.2 Å². The Morgan fingerprint density at radius 2 is 1.40 bits per heavy atom. The van der Waals surface area contributed by atoms with Crippen molar-refractivity contribution in [1.82, 2.24) is 0 Å². The average molecular weight is 435 g/mol. The van der Waals surface area contributed by atoms with E-state index in [-0.39, 0.29) is 0 Å². The molecule has 0 amide bonds. The summed E-state index contributed by atoms with van der Waals surface area (Å²) in [6.45, 7) is 2.23. The van der Waals surface area contributed by atoms with Gasteiger partial charge in [0, 0.05) is 6.07 Å². The van der Waals surface area contributed by atoms with Gasteiger partial charge in [-0.05, 0) is 36.6 Å². The minimum atomic E-state index is -4.54. The van der Waals surface area contributed by atoms with E-state index in [2.05, 4.69) is 6.92 Å². The second-order valence-corrected chi connectivity index (χ2v) is 9.14. The summed E-state index contributed by atoms with van der Waals surface area (Å²) in [5.41, 5.74) is 0.725. The zero-order chi connectivity index (χ0) is 21.8. The van der Waals surface area contributed by atoms with Gasteiger partial charge >= 0.3 is 0 Å². The second kappa shape index (κ2) is 12.6. The number of benzene rings is 2. The van der Waals surface area contributed by atoms with E-state index in [1.165, 1.54) is 57.1 Å². The molecule has 2 aromatic carbocycles. The maximum atomic E-state index is 11.6. The smallest absolute Gasteiger partial charge is 0.298 e. The highest BCUT2D eigenvalue weighted by Gasteiger charge is 2.20. The highest BCUT2D eigenvalue weighted by molar-refractivity contribution is 7.86. The summed E-state index contributed by atoms with van der Waals surface area (Å²) >= 11 is 0. The van der Waals surface area contributed by atoms with Gasteiger partial charge in [0.15, 0.2) is 0 Å². The Labute approximate surface area is 180 Å². The molecule has 2 N–H and O–H groups in total. The lowest BCUT2D eigenvalue weighted by Crippen LogP contribution is -2.01. The van der Waals surface area contributed by atoms with Gasteiger partial charge in [-0.1, -0.05) is 82.9 Å². The first-order chi connectivity index (χ1) is 14.4. The molecule has 0 heterocycles. The highest BCUT2D eigenvalue weighted by Crippen LogP contribution is 2.35. The monoisotopic (exact) mass is 434 g/mol. The number of hydrogen-bond donors (Lipinski definition) is 2. The van der Waals surface area contributed by atoms with Crippen LogP contribution in [0.5, 0.6) is 17.2 Å². The Kier molecular flexibility index (Phi) is 10.2. The quantitative estimate of drug-likeness (QED) is 0.250. The number of aryl methyl sites for hydroxylation is 1. The number of phenolic OH excluding ortho intramolecular Hbond substituents is 1. The van der Waals surface area contributed by atoms with Crippen LogP contribution in [0.2, 0.25) is 0 Å². The van der Waals surface area contributed by atoms with Gasteiger partial charge in [-0.2, -0.15) is 8.42 Å². The normalized spacial score (nSPS) is 11.5. The van der Waals surface area contributed by atoms with Crippen molar-refractivity contribution in [1.29, 1.82) is 0 Å². The number of aromatic hydroxyl groups is 1. The second-order valence-electron chi connectivity index (χ2n) is 7.75. The van der Waals surface area contributed by atoms with Gasteiger partial charge in [0.2, 0.25) is 0 Å². The van der Waals surface area contributed by atoms with Crippen LogP contribution in [0.25, 0.3) is 0 Å². The predicted octanol–water partition coefficient (Wildman–Crippen LogP) is 6.89. The van der Waals surface area contributed by atoms with Crippen molar-refractivity contribution in [3.63, 3.8) is 0 Å². The van der Waals surface area contributed by atoms with Crippen molar-refractivity contribution < 1.29 is 22.8 Å². The molecule has 6 heteroatoms. The van der Waals surface area contributed by atoms with Gasteiger partial charge in [-0.15, -0.1) is 0 Å². The number of phenols is 1. The lowest BCUT2D eigenvalue weighted by molar-refractivity contribution is 0.432.